The first-order chi connectivity index (χ1) is 11.3. The van der Waals surface area contributed by atoms with E-state index < -0.39 is 23.2 Å². The molecule has 11 heteroatoms. The Morgan fingerprint density at radius 3 is 2.48 bits per heavy atom. The summed E-state index contributed by atoms with van der Waals surface area (Å²) >= 11 is 0. The van der Waals surface area contributed by atoms with Crippen LogP contribution in [0.1, 0.15) is 5.56 Å². The van der Waals surface area contributed by atoms with Gasteiger partial charge in [-0.15, -0.1) is 0 Å². The molecule has 0 aliphatic heterocycles. The molecular weight excluding hydrogens is 377 g/mol. The Hall–Kier alpha value is -0.789. The first-order valence-electron chi connectivity index (χ1n) is 6.80. The number of nitrogens with zero attached hydrogens (tertiary/aromatic N) is 2. The van der Waals surface area contributed by atoms with Gasteiger partial charge in [-0.25, -0.2) is 21.8 Å². The van der Waals surface area contributed by atoms with Crippen LogP contribution < -0.4 is 4.65 Å². The molecule has 7 nitrogen and oxygen atoms in total. The molecule has 25 heavy (non-hydrogen) atoms. The van der Waals surface area contributed by atoms with Gasteiger partial charge in [-0.2, -0.15) is 0 Å². The van der Waals surface area contributed by atoms with Crippen LogP contribution in [0.25, 0.3) is 11.0 Å². The van der Waals surface area contributed by atoms with Crippen LogP contribution in [0.15, 0.2) is 47.6 Å². The summed E-state index contributed by atoms with van der Waals surface area (Å²) in [4.78, 5) is 3.79. The summed E-state index contributed by atoms with van der Waals surface area (Å²) in [6, 6.07) is 7.14. The van der Waals surface area contributed by atoms with Gasteiger partial charge in [0.05, 0.1) is 22.7 Å². The zero-order valence-electron chi connectivity index (χ0n) is 12.4. The zero-order chi connectivity index (χ0) is 17.5. The van der Waals surface area contributed by atoms with Gasteiger partial charge < -0.3 is 14.7 Å². The van der Waals surface area contributed by atoms with Crippen molar-refractivity contribution in [3.05, 3.63) is 54.1 Å². The third-order valence-electron chi connectivity index (χ3n) is 3.35. The number of fused-ring (bicyclic) bond motifs is 1. The molecule has 0 spiro atoms. The van der Waals surface area contributed by atoms with E-state index in [9.17, 15) is 12.8 Å². The Kier molecular flexibility index (Phi) is 6.44. The van der Waals surface area contributed by atoms with Crippen molar-refractivity contribution in [3.8, 4) is 5.75 Å². The first kappa shape index (κ1) is 20.5. The van der Waals surface area contributed by atoms with Crippen molar-refractivity contribution in [1.29, 1.82) is 0 Å². The summed E-state index contributed by atoms with van der Waals surface area (Å²) < 4.78 is 44.6. The van der Waals surface area contributed by atoms with Gasteiger partial charge in [-0.05, 0) is 25.1 Å². The summed E-state index contributed by atoms with van der Waals surface area (Å²) in [7, 11) is -6.21. The van der Waals surface area contributed by atoms with Gasteiger partial charge >= 0.3 is 58.7 Å². The normalized spacial score (nSPS) is 11.2. The Morgan fingerprint density at radius 2 is 1.88 bits per heavy atom. The fraction of sp³-hybridized carbons (Fsp3) is 0.0714. The van der Waals surface area contributed by atoms with Gasteiger partial charge in [-0.1, -0.05) is 17.7 Å². The van der Waals surface area contributed by atoms with E-state index in [0.29, 0.717) is 0 Å². The SMILES string of the molecule is Cc1ccc(S(=O)(=O)n2cc(OB(O)O)c3cc(F)cnc32)cc1.[KH]. The summed E-state index contributed by atoms with van der Waals surface area (Å²) in [5, 5.41) is 17.9. The van der Waals surface area contributed by atoms with E-state index in [0.717, 1.165) is 28.0 Å². The van der Waals surface area contributed by atoms with Crippen LogP contribution in [0.5, 0.6) is 5.75 Å². The molecule has 0 atom stereocenters. The molecule has 0 unspecified atom stereocenters. The average molecular weight is 390 g/mol. The van der Waals surface area contributed by atoms with Crippen LogP contribution >= 0.6 is 0 Å². The molecule has 0 saturated carbocycles. The molecule has 0 radical (unpaired) electrons. The topological polar surface area (TPSA) is 102 Å². The number of rotatable bonds is 4. The van der Waals surface area contributed by atoms with Crippen molar-refractivity contribution >= 4 is 79.8 Å². The van der Waals surface area contributed by atoms with E-state index in [1.807, 2.05) is 6.92 Å². The third kappa shape index (κ3) is 4.14. The molecule has 0 fully saturated rings. The number of benzene rings is 1. The molecule has 1 aromatic carbocycles. The van der Waals surface area contributed by atoms with Gasteiger partial charge in [0, 0.05) is 0 Å². The number of pyridine rings is 1. The Morgan fingerprint density at radius 1 is 1.24 bits per heavy atom. The van der Waals surface area contributed by atoms with Crippen molar-refractivity contribution in [2.24, 2.45) is 0 Å². The number of hydrogen-bond acceptors (Lipinski definition) is 6. The summed E-state index contributed by atoms with van der Waals surface area (Å²) in [5.74, 6) is -0.937. The molecule has 3 rings (SSSR count). The maximum atomic E-state index is 13.4. The first-order valence-corrected chi connectivity index (χ1v) is 8.24. The van der Waals surface area contributed by atoms with E-state index in [4.69, 9.17) is 14.7 Å². The minimum atomic E-state index is -4.02. The van der Waals surface area contributed by atoms with Crippen molar-refractivity contribution in [3.63, 3.8) is 0 Å². The van der Waals surface area contributed by atoms with Gasteiger partial charge in [0.15, 0.2) is 5.65 Å². The number of halogens is 1. The summed E-state index contributed by atoms with van der Waals surface area (Å²) in [6.07, 6.45) is 1.88. The second-order valence-corrected chi connectivity index (χ2v) is 6.89. The van der Waals surface area contributed by atoms with E-state index in [-0.39, 0.29) is 73.1 Å². The fourth-order valence-corrected chi connectivity index (χ4v) is 3.56. The minimum absolute atomic E-state index is 0. The number of aryl methyl sites for hydroxylation is 1. The standard InChI is InChI=1S/C14H12BFN2O5S.K.H/c1-9-2-4-11(5-3-9)24(21,22)18-8-13(23-15(19)20)12-6-10(16)7-17-14(12)18;;/h2-8,19-20H,1H3;;. The van der Waals surface area contributed by atoms with E-state index >= 15 is 0 Å². The Labute approximate surface area is 186 Å². The zero-order valence-corrected chi connectivity index (χ0v) is 13.2. The second-order valence-electron chi connectivity index (χ2n) is 5.08. The van der Waals surface area contributed by atoms with E-state index in [1.54, 1.807) is 12.1 Å². The van der Waals surface area contributed by atoms with Gasteiger partial charge in [0.25, 0.3) is 10.0 Å². The molecule has 0 aliphatic carbocycles. The van der Waals surface area contributed by atoms with Crippen LogP contribution in [0.4, 0.5) is 4.39 Å². The second kappa shape index (κ2) is 7.84. The molecule has 0 bridgehead atoms. The van der Waals surface area contributed by atoms with Crippen LogP contribution in [-0.2, 0) is 10.0 Å². The van der Waals surface area contributed by atoms with Crippen molar-refractivity contribution in [2.75, 3.05) is 0 Å². The molecule has 2 N–H and O–H groups in total. The fourth-order valence-electron chi connectivity index (χ4n) is 2.24. The molecule has 0 aliphatic rings. The Bertz CT molecular complexity index is 1010. The predicted molar refractivity (Wildman–Crippen MR) is 91.4 cm³/mol. The van der Waals surface area contributed by atoms with E-state index in [1.165, 1.54) is 12.1 Å². The van der Waals surface area contributed by atoms with Gasteiger partial charge in [0.2, 0.25) is 0 Å². The molecule has 2 heterocycles. The monoisotopic (exact) mass is 390 g/mol. The van der Waals surface area contributed by atoms with Gasteiger partial charge in [0.1, 0.15) is 11.6 Å². The van der Waals surface area contributed by atoms with Crippen LogP contribution in [-0.4, -0.2) is 86.1 Å². The van der Waals surface area contributed by atoms with E-state index in [2.05, 4.69) is 4.98 Å². The summed E-state index contributed by atoms with van der Waals surface area (Å²) in [5.41, 5.74) is 0.798. The molecule has 126 valence electrons. The van der Waals surface area contributed by atoms with Crippen LogP contribution in [0.2, 0.25) is 0 Å². The molecular formula is C14H13BFKN2O5S. The van der Waals surface area contributed by atoms with Crippen molar-refractivity contribution in [2.45, 2.75) is 11.8 Å². The molecule has 0 saturated heterocycles. The Balaban J connectivity index is 0.00000225. The number of aromatic nitrogens is 2. The van der Waals surface area contributed by atoms with Gasteiger partial charge in [-0.3, -0.25) is 0 Å². The maximum absolute atomic E-state index is 13.4. The molecule has 0 amide bonds. The number of hydrogen-bond donors (Lipinski definition) is 2. The molecule has 3 aromatic rings. The quantitative estimate of drug-likeness (QED) is 0.627. The average Bonchev–Trinajstić information content (AvgIpc) is 2.86. The third-order valence-corrected chi connectivity index (χ3v) is 5.02. The molecule has 2 aromatic heterocycles. The van der Waals surface area contributed by atoms with Crippen molar-refractivity contribution < 1.29 is 27.5 Å². The van der Waals surface area contributed by atoms with Crippen LogP contribution in [0, 0.1) is 12.7 Å². The van der Waals surface area contributed by atoms with Crippen LogP contribution in [0.3, 0.4) is 0 Å². The summed E-state index contributed by atoms with van der Waals surface area (Å²) in [6.45, 7) is 1.82. The van der Waals surface area contributed by atoms with Crippen molar-refractivity contribution in [1.82, 2.24) is 8.96 Å². The predicted octanol–water partition coefficient (Wildman–Crippen LogP) is 0.421.